The summed E-state index contributed by atoms with van der Waals surface area (Å²) in [6, 6.07) is 13.8. The maximum absolute atomic E-state index is 11.9. The normalized spacial score (nSPS) is 15.4. The van der Waals surface area contributed by atoms with Gasteiger partial charge in [0, 0.05) is 12.7 Å². The van der Waals surface area contributed by atoms with Crippen LogP contribution >= 0.6 is 12.4 Å². The van der Waals surface area contributed by atoms with Crippen molar-refractivity contribution in [3.05, 3.63) is 59.8 Å². The lowest BCUT2D eigenvalue weighted by atomic mass is 9.97. The number of hydrogen-bond acceptors (Lipinski definition) is 6. The summed E-state index contributed by atoms with van der Waals surface area (Å²) in [7, 11) is 0. The highest BCUT2D eigenvalue weighted by atomic mass is 35.5. The lowest BCUT2D eigenvalue weighted by Crippen LogP contribution is -2.35. The summed E-state index contributed by atoms with van der Waals surface area (Å²) >= 11 is 0. The molecule has 0 bridgehead atoms. The molecule has 0 unspecified atom stereocenters. The van der Waals surface area contributed by atoms with E-state index in [-0.39, 0.29) is 12.4 Å². The van der Waals surface area contributed by atoms with Gasteiger partial charge in [-0.3, -0.25) is 9.69 Å². The van der Waals surface area contributed by atoms with Crippen LogP contribution < -0.4 is 4.74 Å². The van der Waals surface area contributed by atoms with Crippen LogP contribution in [0.1, 0.15) is 28.8 Å². The summed E-state index contributed by atoms with van der Waals surface area (Å²) in [4.78, 5) is 18.5. The quantitative estimate of drug-likeness (QED) is 0.340. The predicted molar refractivity (Wildman–Crippen MR) is 106 cm³/mol. The van der Waals surface area contributed by atoms with Crippen LogP contribution in [0, 0.1) is 5.92 Å². The van der Waals surface area contributed by atoms with Gasteiger partial charge in [0.25, 0.3) is 0 Å². The fourth-order valence-electron chi connectivity index (χ4n) is 3.16. The monoisotopic (exact) mass is 389 g/mol. The molecular formula is C20H24ClN3O3. The number of pyridine rings is 1. The number of rotatable bonds is 7. The van der Waals surface area contributed by atoms with Crippen molar-refractivity contribution in [2.75, 3.05) is 19.7 Å². The number of aromatic nitrogens is 1. The van der Waals surface area contributed by atoms with Gasteiger partial charge >= 0.3 is 0 Å². The van der Waals surface area contributed by atoms with Crippen LogP contribution in [-0.2, 0) is 6.54 Å². The van der Waals surface area contributed by atoms with Gasteiger partial charge in [0.05, 0.1) is 12.2 Å². The number of carbonyl (C=O) groups excluding carboxylic acids is 1. The third-order valence-electron chi connectivity index (χ3n) is 4.62. The van der Waals surface area contributed by atoms with E-state index in [0.29, 0.717) is 24.0 Å². The number of likely N-dealkylation sites (tertiary alicyclic amines) is 1. The maximum Gasteiger partial charge on any atom is 0.224 e. The van der Waals surface area contributed by atoms with E-state index < -0.39 is 5.78 Å². The highest BCUT2D eigenvalue weighted by molar-refractivity contribution is 6.35. The average Bonchev–Trinajstić information content (AvgIpc) is 2.69. The van der Waals surface area contributed by atoms with Crippen molar-refractivity contribution in [1.82, 2.24) is 9.88 Å². The lowest BCUT2D eigenvalue weighted by molar-refractivity contribution is 0.105. The fraction of sp³-hybridized carbons (Fsp3) is 0.350. The Labute approximate surface area is 165 Å². The molecule has 2 aromatic rings. The second kappa shape index (κ2) is 10.6. The Hall–Kier alpha value is -2.44. The summed E-state index contributed by atoms with van der Waals surface area (Å²) in [5.41, 5.74) is 1.65. The van der Waals surface area contributed by atoms with Gasteiger partial charge in [-0.15, -0.1) is 12.4 Å². The molecule has 1 N–H and O–H groups in total. The van der Waals surface area contributed by atoms with Crippen LogP contribution in [-0.4, -0.2) is 46.8 Å². The second-order valence-corrected chi connectivity index (χ2v) is 6.48. The number of hydrogen-bond donors (Lipinski definition) is 1. The highest BCUT2D eigenvalue weighted by Crippen LogP contribution is 2.21. The molecule has 1 aromatic heterocycles. The molecule has 7 heteroatoms. The first-order valence-electron chi connectivity index (χ1n) is 8.82. The first-order chi connectivity index (χ1) is 12.8. The van der Waals surface area contributed by atoms with Crippen LogP contribution in [0.25, 0.3) is 0 Å². The van der Waals surface area contributed by atoms with Crippen LogP contribution in [0.2, 0.25) is 0 Å². The smallest absolute Gasteiger partial charge is 0.224 e. The van der Waals surface area contributed by atoms with Crippen LogP contribution in [0.5, 0.6) is 5.88 Å². The molecule has 1 saturated heterocycles. The minimum absolute atomic E-state index is 0. The van der Waals surface area contributed by atoms with E-state index in [9.17, 15) is 4.79 Å². The largest absolute Gasteiger partial charge is 0.477 e. The third kappa shape index (κ3) is 6.05. The molecule has 1 aliphatic heterocycles. The third-order valence-corrected chi connectivity index (χ3v) is 4.62. The van der Waals surface area contributed by atoms with Gasteiger partial charge in [-0.25, -0.2) is 4.98 Å². The Bertz CT molecular complexity index is 747. The molecule has 0 spiro atoms. The molecule has 27 heavy (non-hydrogen) atoms. The number of ketones is 1. The first kappa shape index (κ1) is 20.9. The van der Waals surface area contributed by atoms with E-state index in [1.54, 1.807) is 18.3 Å². The topological polar surface area (TPSA) is 75.0 Å². The molecule has 0 amide bonds. The summed E-state index contributed by atoms with van der Waals surface area (Å²) < 4.78 is 5.80. The Balaban J connectivity index is 0.00000261. The Morgan fingerprint density at radius 1 is 1.22 bits per heavy atom. The van der Waals surface area contributed by atoms with Gasteiger partial charge in [-0.1, -0.05) is 35.5 Å². The molecule has 1 aromatic carbocycles. The molecular weight excluding hydrogens is 366 g/mol. The van der Waals surface area contributed by atoms with E-state index in [2.05, 4.69) is 39.3 Å². The number of ether oxygens (including phenoxy) is 1. The zero-order valence-electron chi connectivity index (χ0n) is 15.0. The number of halogens is 1. The summed E-state index contributed by atoms with van der Waals surface area (Å²) in [6.45, 7) is 3.59. The number of nitrogens with zero attached hydrogens (tertiary/aromatic N) is 3. The van der Waals surface area contributed by atoms with Gasteiger partial charge in [0.2, 0.25) is 11.7 Å². The lowest BCUT2D eigenvalue weighted by Gasteiger charge is -2.31. The van der Waals surface area contributed by atoms with Crippen molar-refractivity contribution in [2.45, 2.75) is 19.4 Å². The van der Waals surface area contributed by atoms with Gasteiger partial charge in [-0.2, -0.15) is 0 Å². The number of Topliss-reactive ketones (excluding diaryl/α,β-unsaturated/α-hetero) is 1. The summed E-state index contributed by atoms with van der Waals surface area (Å²) in [6.07, 6.45) is 4.55. The fourth-order valence-corrected chi connectivity index (χ4v) is 3.16. The van der Waals surface area contributed by atoms with Gasteiger partial charge in [0.1, 0.15) is 6.21 Å². The molecule has 0 atom stereocenters. The van der Waals surface area contributed by atoms with Gasteiger partial charge in [0.15, 0.2) is 0 Å². The van der Waals surface area contributed by atoms with Gasteiger partial charge in [-0.05, 0) is 49.5 Å². The van der Waals surface area contributed by atoms with Crippen molar-refractivity contribution < 1.29 is 14.7 Å². The van der Waals surface area contributed by atoms with E-state index in [1.807, 2.05) is 6.07 Å². The zero-order chi connectivity index (χ0) is 18.2. The van der Waals surface area contributed by atoms with Crippen molar-refractivity contribution in [3.63, 3.8) is 0 Å². The Morgan fingerprint density at radius 2 is 1.96 bits per heavy atom. The average molecular weight is 390 g/mol. The first-order valence-corrected chi connectivity index (χ1v) is 8.82. The maximum atomic E-state index is 11.9. The predicted octanol–water partition coefficient (Wildman–Crippen LogP) is 3.44. The Kier molecular flexibility index (Phi) is 8.23. The van der Waals surface area contributed by atoms with Crippen LogP contribution in [0.4, 0.5) is 0 Å². The molecule has 2 heterocycles. The van der Waals surface area contributed by atoms with E-state index >= 15 is 0 Å². The molecule has 3 rings (SSSR count). The number of benzene rings is 1. The van der Waals surface area contributed by atoms with E-state index in [0.717, 1.165) is 38.7 Å². The van der Waals surface area contributed by atoms with Crippen molar-refractivity contribution in [3.8, 4) is 5.88 Å². The molecule has 0 saturated carbocycles. The van der Waals surface area contributed by atoms with Crippen LogP contribution in [0.15, 0.2) is 53.8 Å². The van der Waals surface area contributed by atoms with Crippen LogP contribution in [0.3, 0.4) is 0 Å². The number of oxime groups is 1. The summed E-state index contributed by atoms with van der Waals surface area (Å²) in [5, 5.41) is 11.3. The summed E-state index contributed by atoms with van der Waals surface area (Å²) in [5.74, 6) is 0.316. The van der Waals surface area contributed by atoms with E-state index in [4.69, 9.17) is 9.94 Å². The minimum atomic E-state index is -0.423. The molecule has 144 valence electrons. The second-order valence-electron chi connectivity index (χ2n) is 6.48. The molecule has 0 aliphatic carbocycles. The van der Waals surface area contributed by atoms with Crippen molar-refractivity contribution >= 4 is 24.4 Å². The highest BCUT2D eigenvalue weighted by Gasteiger charge is 2.21. The molecule has 6 nitrogen and oxygen atoms in total. The number of piperidine rings is 1. The standard InChI is InChI=1S/C20H23N3O3.ClH/c24-19(13-22-25)18-7-4-10-21-20(18)26-15-17-8-11-23(12-9-17)14-16-5-2-1-3-6-16;/h1-7,10,13,17,25H,8-9,11-12,14-15H2;1H/b22-13+;. The number of carbonyl (C=O) groups is 1. The van der Waals surface area contributed by atoms with Crippen molar-refractivity contribution in [1.29, 1.82) is 0 Å². The molecule has 0 radical (unpaired) electrons. The van der Waals surface area contributed by atoms with Gasteiger partial charge < -0.3 is 9.94 Å². The zero-order valence-corrected chi connectivity index (χ0v) is 15.8. The SMILES string of the molecule is Cl.O=C(/C=N/O)c1cccnc1OCC1CCN(Cc2ccccc2)CC1. The molecule has 1 aliphatic rings. The minimum Gasteiger partial charge on any atom is -0.477 e. The van der Waals surface area contributed by atoms with E-state index in [1.165, 1.54) is 5.56 Å². The Morgan fingerprint density at radius 3 is 2.67 bits per heavy atom. The van der Waals surface area contributed by atoms with Crippen molar-refractivity contribution in [2.24, 2.45) is 11.1 Å². The molecule has 1 fully saturated rings.